The Labute approximate surface area is 222 Å². The molecule has 7 nitrogen and oxygen atoms in total. The Morgan fingerprint density at radius 3 is 2.40 bits per heavy atom. The van der Waals surface area contributed by atoms with E-state index in [4.69, 9.17) is 11.6 Å². The fourth-order valence-electron chi connectivity index (χ4n) is 3.56. The van der Waals surface area contributed by atoms with E-state index in [2.05, 4.69) is 21.2 Å². The lowest BCUT2D eigenvalue weighted by molar-refractivity contribution is -0.140. The molecule has 192 valence electrons. The third-order valence-corrected chi connectivity index (χ3v) is 7.44. The Hall–Kier alpha value is -2.10. The number of nitrogens with one attached hydrogen (secondary N) is 1. The minimum absolute atomic E-state index is 0.0974. The molecule has 1 atom stereocenters. The zero-order chi connectivity index (χ0) is 26.0. The van der Waals surface area contributed by atoms with E-state index in [1.54, 1.807) is 36.1 Å². The van der Waals surface area contributed by atoms with Crippen LogP contribution in [0.3, 0.4) is 0 Å². The number of rotatable bonds is 13. The minimum Gasteiger partial charge on any atom is -0.354 e. The lowest BCUT2D eigenvalue weighted by Gasteiger charge is -2.29. The standard InChI is InChI=1S/C25H33BrClN3O4S/c1-4-5-15-28-25(32)19(2)29(18-20-8-6-9-21(26)17-20)24(31)10-7-16-30(35(3,33)34)23-13-11-22(27)12-14-23/h6,8-9,11-14,17,19H,4-5,7,10,15-16,18H2,1-3H3,(H,28,32)/t19-/m0/s1. The van der Waals surface area contributed by atoms with Gasteiger partial charge in [-0.15, -0.1) is 0 Å². The molecule has 1 N–H and O–H groups in total. The maximum Gasteiger partial charge on any atom is 0.242 e. The minimum atomic E-state index is -3.55. The quantitative estimate of drug-likeness (QED) is 0.335. The third-order valence-electron chi connectivity index (χ3n) is 5.51. The van der Waals surface area contributed by atoms with Crippen LogP contribution in [-0.2, 0) is 26.2 Å². The molecule has 2 rings (SSSR count). The van der Waals surface area contributed by atoms with Gasteiger partial charge in [0.15, 0.2) is 0 Å². The van der Waals surface area contributed by atoms with E-state index in [1.807, 2.05) is 31.2 Å². The molecule has 35 heavy (non-hydrogen) atoms. The molecule has 2 aromatic carbocycles. The molecule has 0 bridgehead atoms. The first-order chi connectivity index (χ1) is 16.5. The third kappa shape index (κ3) is 9.46. The number of hydrogen-bond acceptors (Lipinski definition) is 4. The molecular formula is C25H33BrClN3O4S. The summed E-state index contributed by atoms with van der Waals surface area (Å²) < 4.78 is 26.9. The second-order valence-electron chi connectivity index (χ2n) is 8.39. The second-order valence-corrected chi connectivity index (χ2v) is 11.6. The van der Waals surface area contributed by atoms with Crippen molar-refractivity contribution in [3.63, 3.8) is 0 Å². The number of anilines is 1. The molecule has 0 radical (unpaired) electrons. The number of amides is 2. The van der Waals surface area contributed by atoms with Gasteiger partial charge >= 0.3 is 0 Å². The molecular weight excluding hydrogens is 554 g/mol. The van der Waals surface area contributed by atoms with Crippen LogP contribution in [0.5, 0.6) is 0 Å². The highest BCUT2D eigenvalue weighted by Crippen LogP contribution is 2.22. The Morgan fingerprint density at radius 1 is 1.11 bits per heavy atom. The number of unbranched alkanes of at least 4 members (excludes halogenated alkanes) is 1. The number of carbonyl (C=O) groups excluding carboxylic acids is 2. The van der Waals surface area contributed by atoms with Crippen molar-refractivity contribution < 1.29 is 18.0 Å². The van der Waals surface area contributed by atoms with Crippen molar-refractivity contribution in [2.45, 2.75) is 52.1 Å². The average molecular weight is 587 g/mol. The molecule has 0 saturated heterocycles. The largest absolute Gasteiger partial charge is 0.354 e. The van der Waals surface area contributed by atoms with Crippen molar-refractivity contribution in [1.29, 1.82) is 0 Å². The Bertz CT molecular complexity index is 1100. The summed E-state index contributed by atoms with van der Waals surface area (Å²) in [7, 11) is -3.55. The van der Waals surface area contributed by atoms with Crippen LogP contribution in [0.25, 0.3) is 0 Å². The maximum absolute atomic E-state index is 13.3. The normalized spacial score (nSPS) is 12.1. The summed E-state index contributed by atoms with van der Waals surface area (Å²) in [5.74, 6) is -0.423. The highest BCUT2D eigenvalue weighted by molar-refractivity contribution is 9.10. The van der Waals surface area contributed by atoms with Crippen LogP contribution < -0.4 is 9.62 Å². The summed E-state index contributed by atoms with van der Waals surface area (Å²) in [5.41, 5.74) is 1.37. The molecule has 2 aromatic rings. The zero-order valence-electron chi connectivity index (χ0n) is 20.3. The molecule has 0 saturated carbocycles. The summed E-state index contributed by atoms with van der Waals surface area (Å²) in [5, 5.41) is 3.40. The smallest absolute Gasteiger partial charge is 0.242 e. The van der Waals surface area contributed by atoms with Crippen LogP contribution in [0, 0.1) is 0 Å². The molecule has 0 unspecified atom stereocenters. The summed E-state index contributed by atoms with van der Waals surface area (Å²) >= 11 is 9.38. The fraction of sp³-hybridized carbons (Fsp3) is 0.440. The van der Waals surface area contributed by atoms with E-state index < -0.39 is 16.1 Å². The average Bonchev–Trinajstić information content (AvgIpc) is 2.80. The van der Waals surface area contributed by atoms with Crippen LogP contribution in [0.4, 0.5) is 5.69 Å². The van der Waals surface area contributed by atoms with E-state index >= 15 is 0 Å². The predicted molar refractivity (Wildman–Crippen MR) is 145 cm³/mol. The van der Waals surface area contributed by atoms with E-state index in [9.17, 15) is 18.0 Å². The fourth-order valence-corrected chi connectivity index (χ4v) is 5.10. The van der Waals surface area contributed by atoms with Gasteiger partial charge in [0.2, 0.25) is 21.8 Å². The first kappa shape index (κ1) is 29.1. The lowest BCUT2D eigenvalue weighted by Crippen LogP contribution is -2.48. The lowest BCUT2D eigenvalue weighted by atomic mass is 10.1. The van der Waals surface area contributed by atoms with Crippen LogP contribution >= 0.6 is 27.5 Å². The molecule has 0 fully saturated rings. The number of carbonyl (C=O) groups is 2. The van der Waals surface area contributed by atoms with Crippen LogP contribution in [0.15, 0.2) is 53.0 Å². The maximum atomic E-state index is 13.3. The van der Waals surface area contributed by atoms with Crippen molar-refractivity contribution in [3.8, 4) is 0 Å². The van der Waals surface area contributed by atoms with Crippen molar-refractivity contribution in [2.24, 2.45) is 0 Å². The topological polar surface area (TPSA) is 86.8 Å². The van der Waals surface area contributed by atoms with Gasteiger partial charge in [0.05, 0.1) is 11.9 Å². The van der Waals surface area contributed by atoms with E-state index in [1.165, 1.54) is 4.31 Å². The Kier molecular flexibility index (Phi) is 11.5. The zero-order valence-corrected chi connectivity index (χ0v) is 23.5. The number of hydrogen-bond donors (Lipinski definition) is 1. The van der Waals surface area contributed by atoms with Crippen LogP contribution in [-0.4, -0.2) is 50.5 Å². The van der Waals surface area contributed by atoms with Gasteiger partial charge < -0.3 is 10.2 Å². The highest BCUT2D eigenvalue weighted by Gasteiger charge is 2.26. The molecule has 0 spiro atoms. The monoisotopic (exact) mass is 585 g/mol. The predicted octanol–water partition coefficient (Wildman–Crippen LogP) is 4.98. The summed E-state index contributed by atoms with van der Waals surface area (Å²) in [4.78, 5) is 27.6. The van der Waals surface area contributed by atoms with Gasteiger partial charge in [-0.25, -0.2) is 8.42 Å². The SMILES string of the molecule is CCCCNC(=O)[C@H](C)N(Cc1cccc(Br)c1)C(=O)CCCN(c1ccc(Cl)cc1)S(C)(=O)=O. The van der Waals surface area contributed by atoms with Crippen LogP contribution in [0.2, 0.25) is 5.02 Å². The van der Waals surface area contributed by atoms with Gasteiger partial charge in [0, 0.05) is 35.6 Å². The van der Waals surface area contributed by atoms with E-state index in [0.717, 1.165) is 29.1 Å². The molecule has 0 heterocycles. The number of halogens is 2. The van der Waals surface area contributed by atoms with Crippen molar-refractivity contribution in [2.75, 3.05) is 23.7 Å². The van der Waals surface area contributed by atoms with Gasteiger partial charge in [0.25, 0.3) is 0 Å². The summed E-state index contributed by atoms with van der Waals surface area (Å²) in [6.45, 7) is 4.72. The molecule has 0 aliphatic heterocycles. The van der Waals surface area contributed by atoms with Gasteiger partial charge in [-0.05, 0) is 61.7 Å². The van der Waals surface area contributed by atoms with E-state index in [-0.39, 0.29) is 31.3 Å². The number of nitrogens with zero attached hydrogens (tertiary/aromatic N) is 2. The highest BCUT2D eigenvalue weighted by atomic mass is 79.9. The molecule has 2 amide bonds. The van der Waals surface area contributed by atoms with Gasteiger partial charge in [-0.1, -0.05) is 53.0 Å². The molecule has 0 aromatic heterocycles. The second kappa shape index (κ2) is 13.8. The first-order valence-electron chi connectivity index (χ1n) is 11.6. The summed E-state index contributed by atoms with van der Waals surface area (Å²) in [6.07, 6.45) is 3.35. The first-order valence-corrected chi connectivity index (χ1v) is 14.6. The molecule has 0 aliphatic carbocycles. The Balaban J connectivity index is 2.13. The summed E-state index contributed by atoms with van der Waals surface area (Å²) in [6, 6.07) is 13.4. The molecule has 10 heteroatoms. The molecule has 0 aliphatic rings. The van der Waals surface area contributed by atoms with Gasteiger partial charge in [0.1, 0.15) is 6.04 Å². The van der Waals surface area contributed by atoms with E-state index in [0.29, 0.717) is 23.7 Å². The number of sulfonamides is 1. The van der Waals surface area contributed by atoms with Gasteiger partial charge in [-0.3, -0.25) is 13.9 Å². The van der Waals surface area contributed by atoms with Gasteiger partial charge in [-0.2, -0.15) is 0 Å². The van der Waals surface area contributed by atoms with Crippen molar-refractivity contribution in [1.82, 2.24) is 10.2 Å². The van der Waals surface area contributed by atoms with Crippen molar-refractivity contribution in [3.05, 3.63) is 63.6 Å². The van der Waals surface area contributed by atoms with Crippen LogP contribution in [0.1, 0.15) is 45.1 Å². The Morgan fingerprint density at radius 2 is 1.80 bits per heavy atom. The number of benzene rings is 2. The van der Waals surface area contributed by atoms with Crippen molar-refractivity contribution >= 4 is 55.1 Å².